The van der Waals surface area contributed by atoms with Crippen molar-refractivity contribution in [3.05, 3.63) is 50.1 Å². The van der Waals surface area contributed by atoms with Crippen LogP contribution in [0.1, 0.15) is 22.0 Å². The van der Waals surface area contributed by atoms with E-state index in [4.69, 9.17) is 4.74 Å². The van der Waals surface area contributed by atoms with Gasteiger partial charge in [-0.2, -0.15) is 0 Å². The highest BCUT2D eigenvalue weighted by Gasteiger charge is 2.14. The van der Waals surface area contributed by atoms with Gasteiger partial charge in [-0.25, -0.2) is 0 Å². The third-order valence-electron chi connectivity index (χ3n) is 3.26. The third-order valence-corrected chi connectivity index (χ3v) is 5.21. The molecule has 0 aliphatic carbocycles. The zero-order valence-corrected chi connectivity index (χ0v) is 13.8. The van der Waals surface area contributed by atoms with E-state index in [0.29, 0.717) is 6.04 Å². The summed E-state index contributed by atoms with van der Waals surface area (Å²) in [7, 11) is 3.72. The second-order valence-electron chi connectivity index (χ2n) is 4.47. The summed E-state index contributed by atoms with van der Waals surface area (Å²) in [4.78, 5) is 1.36. The number of halogens is 1. The van der Waals surface area contributed by atoms with Gasteiger partial charge in [0.25, 0.3) is 0 Å². The fourth-order valence-electron chi connectivity index (χ4n) is 2.10. The number of thiophene rings is 1. The van der Waals surface area contributed by atoms with Crippen molar-refractivity contribution in [3.63, 3.8) is 0 Å². The summed E-state index contributed by atoms with van der Waals surface area (Å²) >= 11 is 5.38. The monoisotopic (exact) mass is 339 g/mol. The molecule has 0 saturated heterocycles. The van der Waals surface area contributed by atoms with Crippen molar-refractivity contribution in [3.8, 4) is 5.75 Å². The minimum atomic E-state index is 0.296. The zero-order valence-electron chi connectivity index (χ0n) is 11.4. The number of benzene rings is 1. The number of methoxy groups -OCH3 is 1. The molecule has 0 saturated carbocycles. The van der Waals surface area contributed by atoms with Gasteiger partial charge in [0.05, 0.1) is 7.11 Å². The van der Waals surface area contributed by atoms with Gasteiger partial charge in [-0.15, -0.1) is 11.3 Å². The smallest absolute Gasteiger partial charge is 0.122 e. The fourth-order valence-corrected chi connectivity index (χ4v) is 3.66. The summed E-state index contributed by atoms with van der Waals surface area (Å²) in [5.74, 6) is 0.947. The van der Waals surface area contributed by atoms with Crippen molar-refractivity contribution in [1.29, 1.82) is 0 Å². The van der Waals surface area contributed by atoms with Crippen molar-refractivity contribution < 1.29 is 4.74 Å². The Morgan fingerprint density at radius 3 is 2.74 bits per heavy atom. The maximum Gasteiger partial charge on any atom is 0.122 e. The largest absolute Gasteiger partial charge is 0.496 e. The quantitative estimate of drug-likeness (QED) is 0.875. The molecule has 1 aromatic carbocycles. The Morgan fingerprint density at radius 1 is 1.37 bits per heavy atom. The van der Waals surface area contributed by atoms with Crippen LogP contribution in [0.2, 0.25) is 0 Å². The van der Waals surface area contributed by atoms with E-state index in [1.807, 2.05) is 7.05 Å². The normalized spacial score (nSPS) is 12.4. The molecular formula is C15H18BrNOS. The molecule has 102 valence electrons. The number of aryl methyl sites for hydroxylation is 1. The first-order chi connectivity index (χ1) is 9.15. The molecule has 4 heteroatoms. The van der Waals surface area contributed by atoms with Crippen LogP contribution in [0.5, 0.6) is 5.75 Å². The van der Waals surface area contributed by atoms with Crippen LogP contribution in [0.4, 0.5) is 0 Å². The van der Waals surface area contributed by atoms with Gasteiger partial charge in [-0.3, -0.25) is 0 Å². The number of hydrogen-bond acceptors (Lipinski definition) is 3. The molecule has 0 amide bonds. The maximum absolute atomic E-state index is 5.40. The van der Waals surface area contributed by atoms with Crippen LogP contribution < -0.4 is 10.1 Å². The molecule has 2 nitrogen and oxygen atoms in total. The second kappa shape index (κ2) is 6.55. The van der Waals surface area contributed by atoms with Crippen molar-refractivity contribution >= 4 is 27.3 Å². The SMILES string of the molecule is CNC(Cc1sccc1Br)c1ccc(C)c(OC)c1. The first-order valence-electron chi connectivity index (χ1n) is 6.19. The molecule has 0 fully saturated rings. The van der Waals surface area contributed by atoms with E-state index < -0.39 is 0 Å². The lowest BCUT2D eigenvalue weighted by Gasteiger charge is -2.18. The minimum Gasteiger partial charge on any atom is -0.496 e. The molecule has 19 heavy (non-hydrogen) atoms. The first-order valence-corrected chi connectivity index (χ1v) is 7.86. The molecule has 1 heterocycles. The molecular weight excluding hydrogens is 322 g/mol. The van der Waals surface area contributed by atoms with Gasteiger partial charge in [-0.05, 0) is 58.5 Å². The van der Waals surface area contributed by atoms with Gasteiger partial charge >= 0.3 is 0 Å². The average molecular weight is 340 g/mol. The number of likely N-dealkylation sites (N-methyl/N-ethyl adjacent to an activating group) is 1. The molecule has 2 aromatic rings. The molecule has 0 radical (unpaired) electrons. The standard InChI is InChI=1S/C15H18BrNOS/c1-10-4-5-11(8-14(10)18-3)13(17-2)9-15-12(16)6-7-19-15/h4-8,13,17H,9H2,1-3H3. The number of nitrogens with one attached hydrogen (secondary N) is 1. The van der Waals surface area contributed by atoms with Crippen LogP contribution in [-0.4, -0.2) is 14.2 Å². The van der Waals surface area contributed by atoms with E-state index in [1.165, 1.54) is 20.5 Å². The van der Waals surface area contributed by atoms with Crippen LogP contribution in [0.3, 0.4) is 0 Å². The summed E-state index contributed by atoms with van der Waals surface area (Å²) in [5.41, 5.74) is 2.42. The molecule has 1 N–H and O–H groups in total. The lowest BCUT2D eigenvalue weighted by atomic mass is 10.0. The Kier molecular flexibility index (Phi) is 5.02. The van der Waals surface area contributed by atoms with Crippen LogP contribution in [0.15, 0.2) is 34.1 Å². The van der Waals surface area contributed by atoms with E-state index in [-0.39, 0.29) is 0 Å². The van der Waals surface area contributed by atoms with Gasteiger partial charge in [0.15, 0.2) is 0 Å². The summed E-state index contributed by atoms with van der Waals surface area (Å²) in [6.45, 7) is 2.06. The molecule has 0 aliphatic rings. The van der Waals surface area contributed by atoms with E-state index in [0.717, 1.165) is 12.2 Å². The summed E-state index contributed by atoms with van der Waals surface area (Å²) in [6.07, 6.45) is 0.973. The minimum absolute atomic E-state index is 0.296. The predicted octanol–water partition coefficient (Wildman–Crippen LogP) is 4.33. The van der Waals surface area contributed by atoms with Crippen LogP contribution in [-0.2, 0) is 6.42 Å². The first kappa shape index (κ1) is 14.6. The van der Waals surface area contributed by atoms with Gasteiger partial charge in [-0.1, -0.05) is 12.1 Å². The van der Waals surface area contributed by atoms with Crippen LogP contribution >= 0.6 is 27.3 Å². The van der Waals surface area contributed by atoms with E-state index >= 15 is 0 Å². The van der Waals surface area contributed by atoms with Crippen molar-refractivity contribution in [2.45, 2.75) is 19.4 Å². The van der Waals surface area contributed by atoms with Crippen LogP contribution in [0, 0.1) is 6.92 Å². The summed E-state index contributed by atoms with van der Waals surface area (Å²) in [5, 5.41) is 5.50. The Balaban J connectivity index is 2.24. The van der Waals surface area contributed by atoms with Gasteiger partial charge in [0.1, 0.15) is 5.75 Å². The maximum atomic E-state index is 5.40. The van der Waals surface area contributed by atoms with Gasteiger partial charge < -0.3 is 10.1 Å². The fraction of sp³-hybridized carbons (Fsp3) is 0.333. The molecule has 1 atom stereocenters. The Labute approximate surface area is 126 Å². The van der Waals surface area contributed by atoms with Crippen molar-refractivity contribution in [2.75, 3.05) is 14.2 Å². The highest BCUT2D eigenvalue weighted by Crippen LogP contribution is 2.30. The number of hydrogen-bond donors (Lipinski definition) is 1. The lowest BCUT2D eigenvalue weighted by molar-refractivity contribution is 0.410. The number of rotatable bonds is 5. The molecule has 1 unspecified atom stereocenters. The Bertz CT molecular complexity index is 553. The Hall–Kier alpha value is -0.840. The average Bonchev–Trinajstić information content (AvgIpc) is 2.82. The van der Waals surface area contributed by atoms with E-state index in [9.17, 15) is 0 Å². The molecule has 2 rings (SSSR count). The second-order valence-corrected chi connectivity index (χ2v) is 6.32. The van der Waals surface area contributed by atoms with Gasteiger partial charge in [0.2, 0.25) is 0 Å². The van der Waals surface area contributed by atoms with Crippen molar-refractivity contribution in [1.82, 2.24) is 5.32 Å². The predicted molar refractivity (Wildman–Crippen MR) is 85.3 cm³/mol. The zero-order chi connectivity index (χ0) is 13.8. The van der Waals surface area contributed by atoms with Crippen LogP contribution in [0.25, 0.3) is 0 Å². The Morgan fingerprint density at radius 2 is 2.16 bits per heavy atom. The topological polar surface area (TPSA) is 21.3 Å². The highest BCUT2D eigenvalue weighted by molar-refractivity contribution is 9.10. The summed E-state index contributed by atoms with van der Waals surface area (Å²) < 4.78 is 6.60. The molecule has 1 aromatic heterocycles. The summed E-state index contributed by atoms with van der Waals surface area (Å²) in [6, 6.07) is 8.80. The van der Waals surface area contributed by atoms with E-state index in [1.54, 1.807) is 18.4 Å². The van der Waals surface area contributed by atoms with E-state index in [2.05, 4.69) is 57.8 Å². The number of ether oxygens (including phenoxy) is 1. The molecule has 0 bridgehead atoms. The lowest BCUT2D eigenvalue weighted by Crippen LogP contribution is -2.18. The third kappa shape index (κ3) is 3.38. The van der Waals surface area contributed by atoms with Crippen molar-refractivity contribution in [2.24, 2.45) is 0 Å². The molecule has 0 aliphatic heterocycles. The van der Waals surface area contributed by atoms with Gasteiger partial charge in [0, 0.05) is 21.8 Å². The highest BCUT2D eigenvalue weighted by atomic mass is 79.9. The molecule has 0 spiro atoms.